The Kier molecular flexibility index (Phi) is 16.8. The third kappa shape index (κ3) is 13.8. The van der Waals surface area contributed by atoms with Gasteiger partial charge in [0, 0.05) is 6.08 Å². The van der Waals surface area contributed by atoms with Crippen molar-refractivity contribution in [3.8, 4) is 0 Å². The molecule has 2 saturated carbocycles. The molecule has 0 heterocycles. The summed E-state index contributed by atoms with van der Waals surface area (Å²) in [6, 6.07) is 0. The summed E-state index contributed by atoms with van der Waals surface area (Å²) in [5.41, 5.74) is 0. The van der Waals surface area contributed by atoms with E-state index in [0.29, 0.717) is 44.2 Å². The van der Waals surface area contributed by atoms with Gasteiger partial charge in [-0.1, -0.05) is 66.9 Å². The maximum Gasteiger partial charge on any atom is 0.330 e. The molecular formula is C29H54O5. The van der Waals surface area contributed by atoms with Crippen LogP contribution in [0.25, 0.3) is 0 Å². The van der Waals surface area contributed by atoms with E-state index in [0.717, 1.165) is 30.1 Å². The van der Waals surface area contributed by atoms with E-state index in [1.165, 1.54) is 38.5 Å². The summed E-state index contributed by atoms with van der Waals surface area (Å²) in [5.74, 6) is 5.18. The lowest BCUT2D eigenvalue weighted by Crippen LogP contribution is -2.26. The van der Waals surface area contributed by atoms with Crippen LogP contribution in [0.1, 0.15) is 86.5 Å². The Morgan fingerprint density at radius 3 is 2.00 bits per heavy atom. The molecule has 0 radical (unpaired) electrons. The third-order valence-electron chi connectivity index (χ3n) is 7.64. The summed E-state index contributed by atoms with van der Waals surface area (Å²) < 4.78 is 15.5. The van der Waals surface area contributed by atoms with Gasteiger partial charge < -0.3 is 19.3 Å². The van der Waals surface area contributed by atoms with Gasteiger partial charge in [0.05, 0.1) is 33.0 Å². The summed E-state index contributed by atoms with van der Waals surface area (Å²) in [7, 11) is 0. The molecule has 0 amide bonds. The lowest BCUT2D eigenvalue weighted by Gasteiger charge is -2.35. The van der Waals surface area contributed by atoms with Gasteiger partial charge >= 0.3 is 5.97 Å². The largest absolute Gasteiger partial charge is 0.460 e. The van der Waals surface area contributed by atoms with Gasteiger partial charge in [0.15, 0.2) is 0 Å². The monoisotopic (exact) mass is 482 g/mol. The molecule has 0 aromatic rings. The highest BCUT2D eigenvalue weighted by Crippen LogP contribution is 2.38. The average Bonchev–Trinajstić information content (AvgIpc) is 2.80. The molecule has 1 N–H and O–H groups in total. The van der Waals surface area contributed by atoms with Crippen LogP contribution in [0.4, 0.5) is 0 Å². The summed E-state index contributed by atoms with van der Waals surface area (Å²) in [5, 5.41) is 8.54. The van der Waals surface area contributed by atoms with E-state index in [-0.39, 0.29) is 19.2 Å². The molecule has 2 aliphatic rings. The fourth-order valence-electron chi connectivity index (χ4n) is 5.29. The highest BCUT2D eigenvalue weighted by Gasteiger charge is 2.29. The van der Waals surface area contributed by atoms with Gasteiger partial charge in [0.25, 0.3) is 0 Å². The fraction of sp³-hybridized carbons (Fsp3) is 0.897. The highest BCUT2D eigenvalue weighted by atomic mass is 16.6. The van der Waals surface area contributed by atoms with Crippen LogP contribution in [0.5, 0.6) is 0 Å². The molecule has 0 bridgehead atoms. The number of aliphatic hydroxyl groups excluding tert-OH is 1. The predicted octanol–water partition coefficient (Wildman–Crippen LogP) is 6.29. The van der Waals surface area contributed by atoms with Crippen LogP contribution >= 0.6 is 0 Å². The molecular weight excluding hydrogens is 428 g/mol. The van der Waals surface area contributed by atoms with Crippen molar-refractivity contribution in [2.75, 3.05) is 39.6 Å². The van der Waals surface area contributed by atoms with Crippen LogP contribution < -0.4 is 0 Å². The Labute approximate surface area is 210 Å². The molecule has 3 atom stereocenters. The first-order chi connectivity index (χ1) is 16.2. The maximum atomic E-state index is 11.8. The van der Waals surface area contributed by atoms with E-state index in [1.807, 2.05) is 6.08 Å². The zero-order valence-corrected chi connectivity index (χ0v) is 23.0. The number of allylic oxidation sites excluding steroid dienone is 1. The standard InChI is InChI=1S/C19H34O5.C10H20/c1-15(2)18-6-4-16(3)14-17(18)5-7-19(21)24-13-12-23-11-10-22-9-8-20;1-8(2)10-6-4-9(3)5-7-10/h5,7,15-18,20H,4,6,8-14H2,1-3H3;8-10H,4-7H2,1-3H3. The second kappa shape index (κ2) is 18.4. The molecule has 0 aromatic carbocycles. The smallest absolute Gasteiger partial charge is 0.330 e. The van der Waals surface area contributed by atoms with E-state index in [1.54, 1.807) is 6.08 Å². The van der Waals surface area contributed by atoms with Gasteiger partial charge in [0.1, 0.15) is 6.61 Å². The molecule has 0 aromatic heterocycles. The zero-order valence-electron chi connectivity index (χ0n) is 23.0. The molecule has 3 unspecified atom stereocenters. The Morgan fingerprint density at radius 1 is 0.824 bits per heavy atom. The Balaban J connectivity index is 0.000000479. The summed E-state index contributed by atoms with van der Waals surface area (Å²) >= 11 is 0. The molecule has 0 spiro atoms. The number of hydrogen-bond acceptors (Lipinski definition) is 5. The summed E-state index contributed by atoms with van der Waals surface area (Å²) in [6.07, 6.45) is 13.2. The van der Waals surface area contributed by atoms with Crippen molar-refractivity contribution in [3.63, 3.8) is 0 Å². The van der Waals surface area contributed by atoms with Crippen molar-refractivity contribution in [3.05, 3.63) is 12.2 Å². The van der Waals surface area contributed by atoms with Crippen LogP contribution in [0.3, 0.4) is 0 Å². The number of rotatable bonds is 12. The number of aliphatic hydroxyl groups is 1. The Morgan fingerprint density at radius 2 is 1.41 bits per heavy atom. The van der Waals surface area contributed by atoms with Gasteiger partial charge in [-0.2, -0.15) is 0 Å². The van der Waals surface area contributed by atoms with Crippen molar-refractivity contribution in [1.82, 2.24) is 0 Å². The minimum Gasteiger partial charge on any atom is -0.460 e. The molecule has 0 aliphatic heterocycles. The Bertz CT molecular complexity index is 537. The van der Waals surface area contributed by atoms with Crippen molar-refractivity contribution in [2.24, 2.45) is 41.4 Å². The summed E-state index contributed by atoms with van der Waals surface area (Å²) in [4.78, 5) is 11.8. The topological polar surface area (TPSA) is 65.0 Å². The van der Waals surface area contributed by atoms with Crippen molar-refractivity contribution < 1.29 is 24.1 Å². The minimum absolute atomic E-state index is 0.0153. The second-order valence-electron chi connectivity index (χ2n) is 11.2. The van der Waals surface area contributed by atoms with E-state index in [4.69, 9.17) is 19.3 Å². The van der Waals surface area contributed by atoms with Crippen LogP contribution in [0, 0.1) is 41.4 Å². The normalized spacial score (nSPS) is 27.6. The average molecular weight is 483 g/mol. The number of esters is 1. The van der Waals surface area contributed by atoms with Gasteiger partial charge in [-0.3, -0.25) is 0 Å². The molecule has 2 aliphatic carbocycles. The van der Waals surface area contributed by atoms with E-state index in [2.05, 4.69) is 41.5 Å². The van der Waals surface area contributed by atoms with Crippen molar-refractivity contribution in [1.29, 1.82) is 0 Å². The highest BCUT2D eigenvalue weighted by molar-refractivity contribution is 5.81. The van der Waals surface area contributed by atoms with Crippen LogP contribution in [-0.2, 0) is 19.0 Å². The summed E-state index contributed by atoms with van der Waals surface area (Å²) in [6.45, 7) is 15.7. The number of hydrogen-bond donors (Lipinski definition) is 1. The molecule has 34 heavy (non-hydrogen) atoms. The quantitative estimate of drug-likeness (QED) is 0.201. The SMILES string of the molecule is CC1CCC(C(C)C)C(C=CC(=O)OCCOCCOCCO)C1.CC1CCC(C(C)C)CC1. The van der Waals surface area contributed by atoms with E-state index < -0.39 is 0 Å². The lowest BCUT2D eigenvalue weighted by molar-refractivity contribution is -0.139. The van der Waals surface area contributed by atoms with Gasteiger partial charge in [-0.15, -0.1) is 0 Å². The molecule has 200 valence electrons. The van der Waals surface area contributed by atoms with Gasteiger partial charge in [-0.05, 0) is 67.1 Å². The molecule has 5 nitrogen and oxygen atoms in total. The first-order valence-corrected chi connectivity index (χ1v) is 13.9. The first kappa shape index (κ1) is 31.1. The molecule has 5 heteroatoms. The fourth-order valence-corrected chi connectivity index (χ4v) is 5.29. The zero-order chi connectivity index (χ0) is 25.3. The van der Waals surface area contributed by atoms with Crippen molar-refractivity contribution in [2.45, 2.75) is 86.5 Å². The van der Waals surface area contributed by atoms with E-state index in [9.17, 15) is 4.79 Å². The molecule has 0 saturated heterocycles. The number of carbonyl (C=O) groups is 1. The first-order valence-electron chi connectivity index (χ1n) is 13.9. The predicted molar refractivity (Wildman–Crippen MR) is 140 cm³/mol. The third-order valence-corrected chi connectivity index (χ3v) is 7.64. The number of ether oxygens (including phenoxy) is 3. The van der Waals surface area contributed by atoms with Gasteiger partial charge in [-0.25, -0.2) is 4.79 Å². The second-order valence-corrected chi connectivity index (χ2v) is 11.2. The number of carbonyl (C=O) groups excluding carboxylic acids is 1. The lowest BCUT2D eigenvalue weighted by atomic mass is 9.70. The molecule has 2 rings (SSSR count). The van der Waals surface area contributed by atoms with Crippen molar-refractivity contribution >= 4 is 5.97 Å². The van der Waals surface area contributed by atoms with Gasteiger partial charge in [0.2, 0.25) is 0 Å². The molecule has 2 fully saturated rings. The van der Waals surface area contributed by atoms with Crippen LogP contribution in [-0.4, -0.2) is 50.7 Å². The maximum absolute atomic E-state index is 11.8. The van der Waals surface area contributed by atoms with Crippen LogP contribution in [0.2, 0.25) is 0 Å². The van der Waals surface area contributed by atoms with E-state index >= 15 is 0 Å². The minimum atomic E-state index is -0.295. The Hall–Kier alpha value is -0.910. The van der Waals surface area contributed by atoms with Crippen LogP contribution in [0.15, 0.2) is 12.2 Å².